The Hall–Kier alpha value is -0.160. The Kier molecular flexibility index (Phi) is 3.03. The summed E-state index contributed by atoms with van der Waals surface area (Å²) in [4.78, 5) is 0. The maximum absolute atomic E-state index is 12.6. The molecule has 1 nitrogen and oxygen atoms in total. The Morgan fingerprint density at radius 2 is 1.75 bits per heavy atom. The molecule has 0 aromatic carbocycles. The maximum Gasteiger partial charge on any atom is 0.414 e. The van der Waals surface area contributed by atoms with Crippen LogP contribution >= 0.6 is 11.8 Å². The largest absolute Gasteiger partial charge is 0.414 e. The van der Waals surface area contributed by atoms with E-state index in [2.05, 4.69) is 6.58 Å². The molecule has 0 aromatic heterocycles. The van der Waals surface area contributed by atoms with E-state index in [1.165, 1.54) is 0 Å². The smallest absolute Gasteiger partial charge is 0.385 e. The molecule has 2 atom stereocenters. The van der Waals surface area contributed by atoms with E-state index in [0.29, 0.717) is 0 Å². The van der Waals surface area contributed by atoms with Gasteiger partial charge in [-0.25, -0.2) is 0 Å². The lowest BCUT2D eigenvalue weighted by molar-refractivity contribution is -0.124. The fourth-order valence-corrected chi connectivity index (χ4v) is 4.52. The third-order valence-electron chi connectivity index (χ3n) is 3.47. The topological polar surface area (TPSA) is 20.2 Å². The normalized spacial score (nSPS) is 39.5. The van der Waals surface area contributed by atoms with Crippen LogP contribution in [-0.4, -0.2) is 27.4 Å². The molecule has 0 saturated carbocycles. The standard InChI is InChI=1S/C11H15F3OS/c1-7(11(12,13)14)10(15)5-8-3-2-4-9(6-10)16-8/h8-9,15H,1-6H2. The second-order valence-corrected chi connectivity index (χ2v) is 6.33. The number of hydrogen-bond donors (Lipinski definition) is 1. The first kappa shape index (κ1) is 12.3. The number of rotatable bonds is 1. The first-order valence-electron chi connectivity index (χ1n) is 5.46. The van der Waals surface area contributed by atoms with Gasteiger partial charge in [0.05, 0.1) is 11.2 Å². The Balaban J connectivity index is 2.16. The number of aliphatic hydroxyl groups is 1. The zero-order valence-corrected chi connectivity index (χ0v) is 9.70. The summed E-state index contributed by atoms with van der Waals surface area (Å²) >= 11 is 1.74. The minimum Gasteiger partial charge on any atom is -0.385 e. The van der Waals surface area contributed by atoms with Crippen molar-refractivity contribution < 1.29 is 18.3 Å². The minimum atomic E-state index is -4.48. The van der Waals surface area contributed by atoms with Crippen molar-refractivity contribution in [2.24, 2.45) is 0 Å². The molecule has 5 heteroatoms. The van der Waals surface area contributed by atoms with Crippen LogP contribution in [0.1, 0.15) is 32.1 Å². The van der Waals surface area contributed by atoms with E-state index >= 15 is 0 Å². The number of fused-ring (bicyclic) bond motifs is 2. The van der Waals surface area contributed by atoms with Gasteiger partial charge in [-0.1, -0.05) is 13.0 Å². The van der Waals surface area contributed by atoms with Gasteiger partial charge in [-0.2, -0.15) is 24.9 Å². The molecule has 0 radical (unpaired) electrons. The Bertz CT molecular complexity index is 288. The Labute approximate surface area is 97.1 Å². The molecule has 2 fully saturated rings. The molecule has 2 saturated heterocycles. The number of thioether (sulfide) groups is 1. The van der Waals surface area contributed by atoms with Gasteiger partial charge in [-0.3, -0.25) is 0 Å². The van der Waals surface area contributed by atoms with E-state index in [1.807, 2.05) is 0 Å². The third kappa shape index (κ3) is 2.25. The average Bonchev–Trinajstić information content (AvgIpc) is 2.14. The lowest BCUT2D eigenvalue weighted by Gasteiger charge is -2.44. The predicted molar refractivity (Wildman–Crippen MR) is 58.4 cm³/mol. The first-order chi connectivity index (χ1) is 7.31. The van der Waals surface area contributed by atoms with Crippen molar-refractivity contribution in [3.05, 3.63) is 12.2 Å². The van der Waals surface area contributed by atoms with Crippen molar-refractivity contribution in [2.75, 3.05) is 0 Å². The van der Waals surface area contributed by atoms with Crippen LogP contribution in [0.3, 0.4) is 0 Å². The third-order valence-corrected chi connectivity index (χ3v) is 5.05. The zero-order valence-electron chi connectivity index (χ0n) is 8.89. The molecule has 1 N–H and O–H groups in total. The number of alkyl halides is 3. The van der Waals surface area contributed by atoms with E-state index in [1.54, 1.807) is 11.8 Å². The summed E-state index contributed by atoms with van der Waals surface area (Å²) in [5.41, 5.74) is -2.68. The van der Waals surface area contributed by atoms with Gasteiger partial charge < -0.3 is 5.11 Å². The van der Waals surface area contributed by atoms with Crippen molar-refractivity contribution in [1.82, 2.24) is 0 Å². The molecule has 0 aromatic rings. The van der Waals surface area contributed by atoms with Crippen LogP contribution in [0.2, 0.25) is 0 Å². The van der Waals surface area contributed by atoms with Crippen molar-refractivity contribution in [3.8, 4) is 0 Å². The second-order valence-electron chi connectivity index (χ2n) is 4.73. The number of hydrogen-bond acceptors (Lipinski definition) is 2. The van der Waals surface area contributed by atoms with Crippen LogP contribution in [0, 0.1) is 0 Å². The highest BCUT2D eigenvalue weighted by molar-refractivity contribution is 8.00. The second kappa shape index (κ2) is 3.95. The van der Waals surface area contributed by atoms with Gasteiger partial charge in [-0.05, 0) is 25.7 Å². The molecule has 2 unspecified atom stereocenters. The van der Waals surface area contributed by atoms with Crippen molar-refractivity contribution in [2.45, 2.75) is 54.4 Å². The van der Waals surface area contributed by atoms with Gasteiger partial charge in [0.2, 0.25) is 0 Å². The van der Waals surface area contributed by atoms with Gasteiger partial charge in [0, 0.05) is 10.5 Å². The Morgan fingerprint density at radius 3 is 2.19 bits per heavy atom. The van der Waals surface area contributed by atoms with E-state index < -0.39 is 17.4 Å². The van der Waals surface area contributed by atoms with Gasteiger partial charge >= 0.3 is 6.18 Å². The van der Waals surface area contributed by atoms with Crippen LogP contribution < -0.4 is 0 Å². The lowest BCUT2D eigenvalue weighted by atomic mass is 9.80. The molecule has 0 amide bonds. The van der Waals surface area contributed by atoms with Gasteiger partial charge in [-0.15, -0.1) is 0 Å². The molecule has 0 spiro atoms. The van der Waals surface area contributed by atoms with Crippen LogP contribution in [0.15, 0.2) is 12.2 Å². The van der Waals surface area contributed by atoms with Crippen molar-refractivity contribution in [1.29, 1.82) is 0 Å². The van der Waals surface area contributed by atoms with Gasteiger partial charge in [0.25, 0.3) is 0 Å². The summed E-state index contributed by atoms with van der Waals surface area (Å²) < 4.78 is 37.8. The Morgan fingerprint density at radius 1 is 1.25 bits per heavy atom. The van der Waals surface area contributed by atoms with Crippen molar-refractivity contribution >= 4 is 11.8 Å². The van der Waals surface area contributed by atoms with E-state index in [0.717, 1.165) is 19.3 Å². The quantitative estimate of drug-likeness (QED) is 0.723. The minimum absolute atomic E-state index is 0.164. The van der Waals surface area contributed by atoms with Gasteiger partial charge in [0.1, 0.15) is 0 Å². The van der Waals surface area contributed by atoms with Gasteiger partial charge in [0.15, 0.2) is 0 Å². The summed E-state index contributed by atoms with van der Waals surface area (Å²) in [6.45, 7) is 3.06. The van der Waals surface area contributed by atoms with E-state index in [-0.39, 0.29) is 23.3 Å². The van der Waals surface area contributed by atoms with Crippen LogP contribution in [0.25, 0.3) is 0 Å². The molecular weight excluding hydrogens is 237 g/mol. The first-order valence-corrected chi connectivity index (χ1v) is 6.40. The maximum atomic E-state index is 12.6. The molecule has 2 aliphatic rings. The zero-order chi connectivity index (χ0) is 12.0. The average molecular weight is 252 g/mol. The summed E-state index contributed by atoms with van der Waals surface area (Å²) in [6, 6.07) is 0. The monoisotopic (exact) mass is 252 g/mol. The summed E-state index contributed by atoms with van der Waals surface area (Å²) in [5, 5.41) is 10.5. The fraction of sp³-hybridized carbons (Fsp3) is 0.818. The van der Waals surface area contributed by atoms with E-state index in [4.69, 9.17) is 0 Å². The lowest BCUT2D eigenvalue weighted by Crippen LogP contribution is -2.47. The molecule has 2 bridgehead atoms. The highest BCUT2D eigenvalue weighted by Crippen LogP contribution is 2.50. The number of halogens is 3. The highest BCUT2D eigenvalue weighted by atomic mass is 32.2. The molecule has 2 aliphatic heterocycles. The van der Waals surface area contributed by atoms with Crippen LogP contribution in [0.4, 0.5) is 13.2 Å². The van der Waals surface area contributed by atoms with Crippen LogP contribution in [-0.2, 0) is 0 Å². The molecule has 2 heterocycles. The molecule has 92 valence electrons. The molecular formula is C11H15F3OS. The van der Waals surface area contributed by atoms with E-state index in [9.17, 15) is 18.3 Å². The fourth-order valence-electron chi connectivity index (χ4n) is 2.63. The molecule has 16 heavy (non-hydrogen) atoms. The van der Waals surface area contributed by atoms with Crippen molar-refractivity contribution in [3.63, 3.8) is 0 Å². The molecule has 0 aliphatic carbocycles. The predicted octanol–water partition coefficient (Wildman–Crippen LogP) is 3.28. The summed E-state index contributed by atoms with van der Waals surface area (Å²) in [6.07, 6.45) is -1.19. The molecule has 2 rings (SSSR count). The summed E-state index contributed by atoms with van der Waals surface area (Å²) in [7, 11) is 0. The van der Waals surface area contributed by atoms with Crippen LogP contribution in [0.5, 0.6) is 0 Å². The SMILES string of the molecule is C=C(C(F)(F)F)C1(O)CC2CCCC(C1)S2. The summed E-state index contributed by atoms with van der Waals surface area (Å²) in [5.74, 6) is 0. The highest BCUT2D eigenvalue weighted by Gasteiger charge is 2.51.